The van der Waals surface area contributed by atoms with E-state index in [4.69, 9.17) is 10.5 Å². The highest BCUT2D eigenvalue weighted by Gasteiger charge is 2.13. The molecule has 1 aromatic carbocycles. The standard InChI is InChI=1S/C14H21NO2/c1-4-6-10(2)9-17-14(16)12-7-5-8-13(15)11(12)3/h5,7-8,10H,4,6,9,15H2,1-3H3. The highest BCUT2D eigenvalue weighted by atomic mass is 16.5. The zero-order chi connectivity index (χ0) is 12.8. The molecular formula is C14H21NO2. The van der Waals surface area contributed by atoms with Gasteiger partial charge in [0, 0.05) is 5.69 Å². The summed E-state index contributed by atoms with van der Waals surface area (Å²) >= 11 is 0. The minimum Gasteiger partial charge on any atom is -0.462 e. The second-order valence-corrected chi connectivity index (χ2v) is 4.51. The van der Waals surface area contributed by atoms with Crippen molar-refractivity contribution in [2.75, 3.05) is 12.3 Å². The summed E-state index contributed by atoms with van der Waals surface area (Å²) in [5.74, 6) is 0.128. The first kappa shape index (κ1) is 13.6. The average molecular weight is 235 g/mol. The molecule has 0 fully saturated rings. The molecule has 3 nitrogen and oxygen atoms in total. The monoisotopic (exact) mass is 235 g/mol. The van der Waals surface area contributed by atoms with E-state index in [0.717, 1.165) is 18.4 Å². The Morgan fingerprint density at radius 2 is 2.18 bits per heavy atom. The Morgan fingerprint density at radius 3 is 2.82 bits per heavy atom. The number of carbonyl (C=O) groups excluding carboxylic acids is 1. The normalized spacial score (nSPS) is 12.2. The smallest absolute Gasteiger partial charge is 0.338 e. The molecule has 0 amide bonds. The molecule has 17 heavy (non-hydrogen) atoms. The summed E-state index contributed by atoms with van der Waals surface area (Å²) in [6.07, 6.45) is 2.18. The summed E-state index contributed by atoms with van der Waals surface area (Å²) in [6, 6.07) is 5.30. The molecule has 0 aliphatic carbocycles. The maximum Gasteiger partial charge on any atom is 0.338 e. The predicted octanol–water partition coefficient (Wildman–Crippen LogP) is 3.17. The zero-order valence-electron chi connectivity index (χ0n) is 10.8. The molecule has 0 heterocycles. The molecule has 1 atom stereocenters. The van der Waals surface area contributed by atoms with Gasteiger partial charge in [0.1, 0.15) is 0 Å². The Morgan fingerprint density at radius 1 is 1.47 bits per heavy atom. The molecule has 0 saturated heterocycles. The number of esters is 1. The lowest BCUT2D eigenvalue weighted by molar-refractivity contribution is 0.0443. The molecule has 0 aliphatic heterocycles. The number of hydrogen-bond donors (Lipinski definition) is 1. The van der Waals surface area contributed by atoms with Crippen LogP contribution in [0.15, 0.2) is 18.2 Å². The van der Waals surface area contributed by atoms with Crippen LogP contribution < -0.4 is 5.73 Å². The third-order valence-corrected chi connectivity index (χ3v) is 2.88. The molecule has 0 aromatic heterocycles. The molecule has 0 aliphatic rings. The van der Waals surface area contributed by atoms with E-state index in [1.54, 1.807) is 18.2 Å². The number of ether oxygens (including phenoxy) is 1. The summed E-state index contributed by atoms with van der Waals surface area (Å²) in [4.78, 5) is 11.8. The fraction of sp³-hybridized carbons (Fsp3) is 0.500. The summed E-state index contributed by atoms with van der Waals surface area (Å²) < 4.78 is 5.28. The van der Waals surface area contributed by atoms with Gasteiger partial charge in [-0.2, -0.15) is 0 Å². The van der Waals surface area contributed by atoms with Gasteiger partial charge in [-0.05, 0) is 37.0 Å². The van der Waals surface area contributed by atoms with Crippen LogP contribution in [0.4, 0.5) is 5.69 Å². The van der Waals surface area contributed by atoms with Crippen molar-refractivity contribution in [1.82, 2.24) is 0 Å². The largest absolute Gasteiger partial charge is 0.462 e. The molecule has 1 aromatic rings. The number of nitrogens with two attached hydrogens (primary N) is 1. The maximum atomic E-state index is 11.8. The van der Waals surface area contributed by atoms with Gasteiger partial charge in [0.25, 0.3) is 0 Å². The van der Waals surface area contributed by atoms with E-state index >= 15 is 0 Å². The van der Waals surface area contributed by atoms with Gasteiger partial charge in [0.15, 0.2) is 0 Å². The van der Waals surface area contributed by atoms with Crippen molar-refractivity contribution in [2.45, 2.75) is 33.6 Å². The topological polar surface area (TPSA) is 52.3 Å². The fourth-order valence-electron chi connectivity index (χ4n) is 1.75. The number of anilines is 1. The van der Waals surface area contributed by atoms with Crippen molar-refractivity contribution in [2.24, 2.45) is 5.92 Å². The molecule has 0 spiro atoms. The van der Waals surface area contributed by atoms with Crippen LogP contribution >= 0.6 is 0 Å². The summed E-state index contributed by atoms with van der Waals surface area (Å²) in [5, 5.41) is 0. The molecule has 1 rings (SSSR count). The fourth-order valence-corrected chi connectivity index (χ4v) is 1.75. The Kier molecular flexibility index (Phi) is 5.01. The van der Waals surface area contributed by atoms with E-state index in [1.807, 2.05) is 6.92 Å². The van der Waals surface area contributed by atoms with E-state index < -0.39 is 0 Å². The van der Waals surface area contributed by atoms with Crippen LogP contribution in [-0.2, 0) is 4.74 Å². The second-order valence-electron chi connectivity index (χ2n) is 4.51. The molecule has 2 N–H and O–H groups in total. The summed E-state index contributed by atoms with van der Waals surface area (Å²) in [6.45, 7) is 6.52. The minimum atomic E-state index is -0.280. The van der Waals surface area contributed by atoms with Gasteiger partial charge in [0.05, 0.1) is 12.2 Å². The Bertz CT molecular complexity index is 388. The van der Waals surface area contributed by atoms with E-state index in [-0.39, 0.29) is 5.97 Å². The second kappa shape index (κ2) is 6.28. The highest BCUT2D eigenvalue weighted by molar-refractivity contribution is 5.92. The number of hydrogen-bond acceptors (Lipinski definition) is 3. The van der Waals surface area contributed by atoms with Crippen molar-refractivity contribution >= 4 is 11.7 Å². The Labute approximate surface area is 103 Å². The van der Waals surface area contributed by atoms with Gasteiger partial charge in [-0.25, -0.2) is 4.79 Å². The first-order chi connectivity index (χ1) is 8.06. The molecular weight excluding hydrogens is 214 g/mol. The van der Waals surface area contributed by atoms with Crippen molar-refractivity contribution in [1.29, 1.82) is 0 Å². The number of benzene rings is 1. The predicted molar refractivity (Wildman–Crippen MR) is 69.9 cm³/mol. The SMILES string of the molecule is CCCC(C)COC(=O)c1cccc(N)c1C. The van der Waals surface area contributed by atoms with Gasteiger partial charge in [-0.1, -0.05) is 26.3 Å². The van der Waals surface area contributed by atoms with Crippen LogP contribution in [0.3, 0.4) is 0 Å². The highest BCUT2D eigenvalue weighted by Crippen LogP contribution is 2.17. The number of carbonyl (C=O) groups is 1. The zero-order valence-corrected chi connectivity index (χ0v) is 10.8. The van der Waals surface area contributed by atoms with Crippen molar-refractivity contribution in [3.63, 3.8) is 0 Å². The van der Waals surface area contributed by atoms with Gasteiger partial charge in [-0.3, -0.25) is 0 Å². The van der Waals surface area contributed by atoms with E-state index in [0.29, 0.717) is 23.8 Å². The van der Waals surface area contributed by atoms with Gasteiger partial charge in [0.2, 0.25) is 0 Å². The maximum absolute atomic E-state index is 11.8. The third-order valence-electron chi connectivity index (χ3n) is 2.88. The van der Waals surface area contributed by atoms with Crippen molar-refractivity contribution < 1.29 is 9.53 Å². The third kappa shape index (κ3) is 3.77. The molecule has 0 saturated carbocycles. The van der Waals surface area contributed by atoms with Gasteiger partial charge >= 0.3 is 5.97 Å². The van der Waals surface area contributed by atoms with Crippen LogP contribution in [-0.4, -0.2) is 12.6 Å². The Balaban J connectivity index is 2.61. The number of nitrogen functional groups attached to an aromatic ring is 1. The average Bonchev–Trinajstić information content (AvgIpc) is 2.30. The van der Waals surface area contributed by atoms with Gasteiger partial charge < -0.3 is 10.5 Å². The van der Waals surface area contributed by atoms with Crippen LogP contribution in [0.2, 0.25) is 0 Å². The Hall–Kier alpha value is -1.51. The molecule has 3 heteroatoms. The van der Waals surface area contributed by atoms with Gasteiger partial charge in [-0.15, -0.1) is 0 Å². The minimum absolute atomic E-state index is 0.280. The van der Waals surface area contributed by atoms with Crippen LogP contribution in [0.5, 0.6) is 0 Å². The molecule has 0 radical (unpaired) electrons. The van der Waals surface area contributed by atoms with Crippen molar-refractivity contribution in [3.05, 3.63) is 29.3 Å². The van der Waals surface area contributed by atoms with Crippen LogP contribution in [0.1, 0.15) is 42.6 Å². The first-order valence-electron chi connectivity index (χ1n) is 6.08. The molecule has 0 bridgehead atoms. The lowest BCUT2D eigenvalue weighted by Gasteiger charge is -2.12. The molecule has 94 valence electrons. The lowest BCUT2D eigenvalue weighted by Crippen LogP contribution is -2.13. The van der Waals surface area contributed by atoms with Crippen molar-refractivity contribution in [3.8, 4) is 0 Å². The van der Waals surface area contributed by atoms with Crippen LogP contribution in [0.25, 0.3) is 0 Å². The summed E-state index contributed by atoms with van der Waals surface area (Å²) in [5.41, 5.74) is 7.74. The summed E-state index contributed by atoms with van der Waals surface area (Å²) in [7, 11) is 0. The van der Waals surface area contributed by atoms with E-state index in [1.165, 1.54) is 0 Å². The quantitative estimate of drug-likeness (QED) is 0.630. The molecule has 1 unspecified atom stereocenters. The van der Waals surface area contributed by atoms with E-state index in [2.05, 4.69) is 13.8 Å². The first-order valence-corrected chi connectivity index (χ1v) is 6.08. The van der Waals surface area contributed by atoms with E-state index in [9.17, 15) is 4.79 Å². The number of rotatable bonds is 5. The van der Waals surface area contributed by atoms with Crippen LogP contribution in [0, 0.1) is 12.8 Å². The lowest BCUT2D eigenvalue weighted by atomic mass is 10.1.